The molecule has 0 bridgehead atoms. The van der Waals surface area contributed by atoms with E-state index >= 15 is 0 Å². The average Bonchev–Trinajstić information content (AvgIpc) is 2.92. The van der Waals surface area contributed by atoms with Gasteiger partial charge in [-0.2, -0.15) is 10.3 Å². The summed E-state index contributed by atoms with van der Waals surface area (Å²) in [6.45, 7) is 1.20. The highest BCUT2D eigenvalue weighted by Gasteiger charge is 2.49. The Labute approximate surface area is 161 Å². The van der Waals surface area contributed by atoms with Crippen molar-refractivity contribution in [2.24, 2.45) is 0 Å². The van der Waals surface area contributed by atoms with Crippen LogP contribution in [-0.2, 0) is 21.5 Å². The van der Waals surface area contributed by atoms with Gasteiger partial charge in [0.15, 0.2) is 6.61 Å². The topological polar surface area (TPSA) is 112 Å². The predicted molar refractivity (Wildman–Crippen MR) is 98.6 cm³/mol. The molecule has 2 aromatic rings. The maximum Gasteiger partial charge on any atom is 0.344 e. The first-order valence-electron chi connectivity index (χ1n) is 8.54. The molecule has 2 aromatic carbocycles. The lowest BCUT2D eigenvalue weighted by molar-refractivity contribution is -0.139. The molecule has 0 spiro atoms. The van der Waals surface area contributed by atoms with E-state index in [9.17, 15) is 14.4 Å². The van der Waals surface area contributed by atoms with E-state index in [4.69, 9.17) is 10.00 Å². The second-order valence-electron chi connectivity index (χ2n) is 6.36. The van der Waals surface area contributed by atoms with Crippen LogP contribution >= 0.6 is 0 Å². The molecule has 8 nitrogen and oxygen atoms in total. The summed E-state index contributed by atoms with van der Waals surface area (Å²) < 4.78 is 5.35. The Kier molecular flexibility index (Phi) is 5.27. The molecule has 142 valence electrons. The SMILES string of the molecule is CC1(c2ccccc2)NC(=O)N(NC(=O)COc2ccc(CC#N)cc2)C1=O. The summed E-state index contributed by atoms with van der Waals surface area (Å²) in [6, 6.07) is 16.8. The van der Waals surface area contributed by atoms with Gasteiger partial charge in [-0.25, -0.2) is 4.79 Å². The minimum atomic E-state index is -1.26. The average molecular weight is 378 g/mol. The molecule has 1 aliphatic rings. The zero-order valence-electron chi connectivity index (χ0n) is 15.1. The van der Waals surface area contributed by atoms with Gasteiger partial charge in [-0.3, -0.25) is 15.0 Å². The summed E-state index contributed by atoms with van der Waals surface area (Å²) in [4.78, 5) is 37.0. The molecule has 0 radical (unpaired) electrons. The first-order valence-corrected chi connectivity index (χ1v) is 8.54. The standard InChI is InChI=1S/C20H18N4O4/c1-20(15-5-3-2-4-6-15)18(26)24(19(27)22-20)23-17(25)13-28-16-9-7-14(8-10-16)11-12-21/h2-10H,11,13H2,1H3,(H,22,27)(H,23,25). The maximum absolute atomic E-state index is 12.7. The van der Waals surface area contributed by atoms with Crippen molar-refractivity contribution in [3.8, 4) is 11.8 Å². The molecule has 28 heavy (non-hydrogen) atoms. The Morgan fingerprint density at radius 3 is 2.50 bits per heavy atom. The number of hydrazine groups is 1. The van der Waals surface area contributed by atoms with E-state index < -0.39 is 23.4 Å². The molecule has 1 atom stereocenters. The van der Waals surface area contributed by atoms with Crippen molar-refractivity contribution in [3.05, 3.63) is 65.7 Å². The highest BCUT2D eigenvalue weighted by atomic mass is 16.5. The van der Waals surface area contributed by atoms with Gasteiger partial charge in [0, 0.05) is 0 Å². The number of carbonyl (C=O) groups excluding carboxylic acids is 3. The number of imide groups is 1. The van der Waals surface area contributed by atoms with Crippen LogP contribution < -0.4 is 15.5 Å². The second-order valence-corrected chi connectivity index (χ2v) is 6.36. The fraction of sp³-hybridized carbons (Fsp3) is 0.200. The molecule has 8 heteroatoms. The van der Waals surface area contributed by atoms with Crippen LogP contribution in [0.5, 0.6) is 5.75 Å². The molecule has 1 heterocycles. The first kappa shape index (κ1) is 18.9. The van der Waals surface area contributed by atoms with Gasteiger partial charge in [-0.05, 0) is 30.2 Å². The summed E-state index contributed by atoms with van der Waals surface area (Å²) in [6.07, 6.45) is 0.285. The fourth-order valence-electron chi connectivity index (χ4n) is 2.81. The maximum atomic E-state index is 12.7. The number of nitrogens with one attached hydrogen (secondary N) is 2. The molecule has 1 aliphatic heterocycles. The van der Waals surface area contributed by atoms with Crippen molar-refractivity contribution in [1.82, 2.24) is 15.8 Å². The normalized spacial score (nSPS) is 18.4. The van der Waals surface area contributed by atoms with Gasteiger partial charge in [-0.15, -0.1) is 0 Å². The molecular formula is C20H18N4O4. The van der Waals surface area contributed by atoms with Crippen LogP contribution in [0.4, 0.5) is 4.79 Å². The van der Waals surface area contributed by atoms with Crippen LogP contribution in [0.3, 0.4) is 0 Å². The first-order chi connectivity index (χ1) is 13.4. The fourth-order valence-corrected chi connectivity index (χ4v) is 2.81. The number of carbonyl (C=O) groups is 3. The van der Waals surface area contributed by atoms with Crippen molar-refractivity contribution in [3.63, 3.8) is 0 Å². The summed E-state index contributed by atoms with van der Waals surface area (Å²) in [7, 11) is 0. The lowest BCUT2D eigenvalue weighted by Crippen LogP contribution is -2.49. The highest BCUT2D eigenvalue weighted by molar-refractivity contribution is 6.08. The molecule has 3 rings (SSSR count). The number of nitrogens with zero attached hydrogens (tertiary/aromatic N) is 2. The monoisotopic (exact) mass is 378 g/mol. The molecule has 0 aliphatic carbocycles. The lowest BCUT2D eigenvalue weighted by atomic mass is 9.92. The number of nitriles is 1. The van der Waals surface area contributed by atoms with Crippen LogP contribution in [0, 0.1) is 11.3 Å². The van der Waals surface area contributed by atoms with Crippen molar-refractivity contribution >= 4 is 17.8 Å². The van der Waals surface area contributed by atoms with E-state index in [0.29, 0.717) is 16.3 Å². The van der Waals surface area contributed by atoms with Crippen LogP contribution in [0.1, 0.15) is 18.1 Å². The number of hydrogen-bond donors (Lipinski definition) is 2. The zero-order valence-corrected chi connectivity index (χ0v) is 15.1. The van der Waals surface area contributed by atoms with Gasteiger partial charge in [0.25, 0.3) is 11.8 Å². The molecule has 1 unspecified atom stereocenters. The molecule has 4 amide bonds. The molecule has 1 saturated heterocycles. The van der Waals surface area contributed by atoms with Crippen molar-refractivity contribution in [2.75, 3.05) is 6.61 Å². The van der Waals surface area contributed by atoms with Gasteiger partial charge in [0.2, 0.25) is 0 Å². The minimum absolute atomic E-state index is 0.285. The Bertz CT molecular complexity index is 937. The van der Waals surface area contributed by atoms with E-state index in [2.05, 4.69) is 10.7 Å². The Hall–Kier alpha value is -3.86. The minimum Gasteiger partial charge on any atom is -0.484 e. The molecule has 0 aromatic heterocycles. The lowest BCUT2D eigenvalue weighted by Gasteiger charge is -2.22. The summed E-state index contributed by atoms with van der Waals surface area (Å²) >= 11 is 0. The van der Waals surface area contributed by atoms with E-state index in [0.717, 1.165) is 5.56 Å². The van der Waals surface area contributed by atoms with E-state index in [1.807, 2.05) is 6.07 Å². The number of benzene rings is 2. The second kappa shape index (κ2) is 7.80. The largest absolute Gasteiger partial charge is 0.484 e. The van der Waals surface area contributed by atoms with Gasteiger partial charge in [-0.1, -0.05) is 42.5 Å². The third kappa shape index (κ3) is 3.78. The molecule has 1 fully saturated rings. The molecule has 0 saturated carbocycles. The Morgan fingerprint density at radius 1 is 1.18 bits per heavy atom. The van der Waals surface area contributed by atoms with Gasteiger partial charge >= 0.3 is 6.03 Å². The van der Waals surface area contributed by atoms with Gasteiger partial charge < -0.3 is 10.1 Å². The smallest absolute Gasteiger partial charge is 0.344 e. The third-order valence-electron chi connectivity index (χ3n) is 4.35. The third-order valence-corrected chi connectivity index (χ3v) is 4.35. The van der Waals surface area contributed by atoms with Crippen molar-refractivity contribution in [1.29, 1.82) is 5.26 Å². The van der Waals surface area contributed by atoms with Crippen molar-refractivity contribution in [2.45, 2.75) is 18.9 Å². The van der Waals surface area contributed by atoms with Crippen LogP contribution in [-0.4, -0.2) is 29.5 Å². The Morgan fingerprint density at radius 2 is 1.86 bits per heavy atom. The summed E-state index contributed by atoms with van der Waals surface area (Å²) in [5.41, 5.74) is 2.45. The van der Waals surface area contributed by atoms with Crippen LogP contribution in [0.25, 0.3) is 0 Å². The summed E-state index contributed by atoms with van der Waals surface area (Å²) in [5, 5.41) is 11.9. The van der Waals surface area contributed by atoms with Gasteiger partial charge in [0.1, 0.15) is 11.3 Å². The number of urea groups is 1. The molecular weight excluding hydrogens is 360 g/mol. The van der Waals surface area contributed by atoms with Gasteiger partial charge in [0.05, 0.1) is 12.5 Å². The Balaban J connectivity index is 1.60. The number of ether oxygens (including phenoxy) is 1. The van der Waals surface area contributed by atoms with E-state index in [1.54, 1.807) is 61.5 Å². The van der Waals surface area contributed by atoms with E-state index in [1.165, 1.54) is 0 Å². The number of hydrogen-bond acceptors (Lipinski definition) is 5. The van der Waals surface area contributed by atoms with Crippen LogP contribution in [0.15, 0.2) is 54.6 Å². The predicted octanol–water partition coefficient (Wildman–Crippen LogP) is 1.63. The van der Waals surface area contributed by atoms with E-state index in [-0.39, 0.29) is 13.0 Å². The quantitative estimate of drug-likeness (QED) is 0.742. The van der Waals surface area contributed by atoms with Crippen molar-refractivity contribution < 1.29 is 19.1 Å². The zero-order chi connectivity index (χ0) is 20.1. The number of amides is 4. The number of rotatable bonds is 6. The van der Waals surface area contributed by atoms with Crippen LogP contribution in [0.2, 0.25) is 0 Å². The summed E-state index contributed by atoms with van der Waals surface area (Å²) in [5.74, 6) is -0.803. The highest BCUT2D eigenvalue weighted by Crippen LogP contribution is 2.27. The molecule has 2 N–H and O–H groups in total.